The number of benzene rings is 2. The number of halogens is 1. The van der Waals surface area contributed by atoms with Crippen molar-refractivity contribution in [2.75, 3.05) is 12.9 Å². The SMILES string of the molecule is COc1ccc(C(=O)CSc2cccc(Br)c2)c(C)c1. The largest absolute Gasteiger partial charge is 0.497 e. The second kappa shape index (κ2) is 6.95. The van der Waals surface area contributed by atoms with E-state index in [0.29, 0.717) is 5.75 Å². The second-order valence-corrected chi connectivity index (χ2v) is 6.31. The Hall–Kier alpha value is -1.26. The van der Waals surface area contributed by atoms with Crippen LogP contribution in [0.1, 0.15) is 15.9 Å². The molecule has 0 spiro atoms. The number of methoxy groups -OCH3 is 1. The van der Waals surface area contributed by atoms with Gasteiger partial charge in [0.15, 0.2) is 5.78 Å². The van der Waals surface area contributed by atoms with Gasteiger partial charge in [0.2, 0.25) is 0 Å². The fourth-order valence-corrected chi connectivity index (χ4v) is 3.25. The van der Waals surface area contributed by atoms with E-state index >= 15 is 0 Å². The van der Waals surface area contributed by atoms with Crippen LogP contribution in [0.2, 0.25) is 0 Å². The molecule has 2 aromatic carbocycles. The lowest BCUT2D eigenvalue weighted by molar-refractivity contribution is 0.102. The molecule has 2 nitrogen and oxygen atoms in total. The van der Waals surface area contributed by atoms with E-state index < -0.39 is 0 Å². The van der Waals surface area contributed by atoms with E-state index in [0.717, 1.165) is 26.2 Å². The lowest BCUT2D eigenvalue weighted by Gasteiger charge is -2.07. The fourth-order valence-electron chi connectivity index (χ4n) is 1.86. The van der Waals surface area contributed by atoms with Crippen LogP contribution < -0.4 is 4.74 Å². The summed E-state index contributed by atoms with van der Waals surface area (Å²) in [5, 5.41) is 0. The molecule has 0 saturated heterocycles. The number of carbonyl (C=O) groups excluding carboxylic acids is 1. The minimum atomic E-state index is 0.134. The normalized spacial score (nSPS) is 10.3. The van der Waals surface area contributed by atoms with Gasteiger partial charge in [-0.1, -0.05) is 22.0 Å². The summed E-state index contributed by atoms with van der Waals surface area (Å²) in [6.45, 7) is 1.93. The summed E-state index contributed by atoms with van der Waals surface area (Å²) in [7, 11) is 1.62. The molecule has 0 aliphatic rings. The number of ketones is 1. The molecule has 0 saturated carbocycles. The highest BCUT2D eigenvalue weighted by atomic mass is 79.9. The summed E-state index contributed by atoms with van der Waals surface area (Å²) in [4.78, 5) is 13.3. The zero-order valence-electron chi connectivity index (χ0n) is 11.4. The lowest BCUT2D eigenvalue weighted by atomic mass is 10.1. The minimum Gasteiger partial charge on any atom is -0.497 e. The number of carbonyl (C=O) groups is 1. The van der Waals surface area contributed by atoms with E-state index in [2.05, 4.69) is 15.9 Å². The zero-order valence-corrected chi connectivity index (χ0v) is 13.8. The predicted octanol–water partition coefficient (Wildman–Crippen LogP) is 4.74. The smallest absolute Gasteiger partial charge is 0.173 e. The van der Waals surface area contributed by atoms with Gasteiger partial charge in [-0.25, -0.2) is 0 Å². The van der Waals surface area contributed by atoms with Crippen LogP contribution in [0.5, 0.6) is 5.75 Å². The van der Waals surface area contributed by atoms with Crippen molar-refractivity contribution in [1.82, 2.24) is 0 Å². The van der Waals surface area contributed by atoms with E-state index in [-0.39, 0.29) is 5.78 Å². The molecule has 0 radical (unpaired) electrons. The lowest BCUT2D eigenvalue weighted by Crippen LogP contribution is -2.04. The van der Waals surface area contributed by atoms with Crippen molar-refractivity contribution in [3.63, 3.8) is 0 Å². The third-order valence-corrected chi connectivity index (χ3v) is 4.39. The molecule has 0 heterocycles. The third kappa shape index (κ3) is 3.87. The highest BCUT2D eigenvalue weighted by Crippen LogP contribution is 2.24. The monoisotopic (exact) mass is 350 g/mol. The van der Waals surface area contributed by atoms with Crippen LogP contribution in [0.4, 0.5) is 0 Å². The quantitative estimate of drug-likeness (QED) is 0.575. The molecule has 0 atom stereocenters. The van der Waals surface area contributed by atoms with Gasteiger partial charge in [-0.15, -0.1) is 11.8 Å². The Kier molecular flexibility index (Phi) is 5.26. The Morgan fingerprint density at radius 1 is 1.25 bits per heavy atom. The maximum atomic E-state index is 12.3. The molecule has 2 aromatic rings. The summed E-state index contributed by atoms with van der Waals surface area (Å²) in [5.41, 5.74) is 1.71. The Morgan fingerprint density at radius 2 is 2.05 bits per heavy atom. The molecule has 0 bridgehead atoms. The van der Waals surface area contributed by atoms with Gasteiger partial charge in [-0.3, -0.25) is 4.79 Å². The van der Waals surface area contributed by atoms with Crippen molar-refractivity contribution >= 4 is 33.5 Å². The molecule has 0 unspecified atom stereocenters. The van der Waals surface area contributed by atoms with E-state index in [1.54, 1.807) is 18.9 Å². The zero-order chi connectivity index (χ0) is 14.5. The number of hydrogen-bond acceptors (Lipinski definition) is 3. The average molecular weight is 351 g/mol. The summed E-state index contributed by atoms with van der Waals surface area (Å²) in [6, 6.07) is 13.5. The average Bonchev–Trinajstić information content (AvgIpc) is 2.44. The second-order valence-electron chi connectivity index (χ2n) is 4.35. The van der Waals surface area contributed by atoms with Gasteiger partial charge in [0.25, 0.3) is 0 Å². The molecule has 0 N–H and O–H groups in total. The molecule has 104 valence electrons. The van der Waals surface area contributed by atoms with Gasteiger partial charge in [-0.05, 0) is 48.9 Å². The van der Waals surface area contributed by atoms with Crippen molar-refractivity contribution in [2.45, 2.75) is 11.8 Å². The van der Waals surface area contributed by atoms with Gasteiger partial charge in [0, 0.05) is 14.9 Å². The molecule has 4 heteroatoms. The summed E-state index contributed by atoms with van der Waals surface area (Å²) in [5.74, 6) is 1.35. The van der Waals surface area contributed by atoms with Gasteiger partial charge in [0.05, 0.1) is 12.9 Å². The van der Waals surface area contributed by atoms with Gasteiger partial charge >= 0.3 is 0 Å². The van der Waals surface area contributed by atoms with Crippen LogP contribution in [-0.2, 0) is 0 Å². The maximum absolute atomic E-state index is 12.3. The van der Waals surface area contributed by atoms with Crippen LogP contribution in [0.3, 0.4) is 0 Å². The minimum absolute atomic E-state index is 0.134. The maximum Gasteiger partial charge on any atom is 0.173 e. The first kappa shape index (κ1) is 15.1. The summed E-state index contributed by atoms with van der Waals surface area (Å²) in [6.07, 6.45) is 0. The number of hydrogen-bond donors (Lipinski definition) is 0. The molecule has 20 heavy (non-hydrogen) atoms. The van der Waals surface area contributed by atoms with Crippen molar-refractivity contribution in [1.29, 1.82) is 0 Å². The molecule has 0 amide bonds. The molecule has 0 fully saturated rings. The van der Waals surface area contributed by atoms with Gasteiger partial charge in [0.1, 0.15) is 5.75 Å². The molecule has 0 aliphatic carbocycles. The van der Waals surface area contributed by atoms with Crippen molar-refractivity contribution in [3.8, 4) is 5.75 Å². The topological polar surface area (TPSA) is 26.3 Å². The first-order valence-corrected chi connectivity index (χ1v) is 7.94. The van der Waals surface area contributed by atoms with Crippen LogP contribution in [-0.4, -0.2) is 18.6 Å². The molecular weight excluding hydrogens is 336 g/mol. The van der Waals surface area contributed by atoms with Crippen molar-refractivity contribution < 1.29 is 9.53 Å². The summed E-state index contributed by atoms with van der Waals surface area (Å²) < 4.78 is 6.17. The van der Waals surface area contributed by atoms with Crippen molar-refractivity contribution in [2.24, 2.45) is 0 Å². The molecule has 0 aliphatic heterocycles. The number of aryl methyl sites for hydroxylation is 1. The highest BCUT2D eigenvalue weighted by Gasteiger charge is 2.10. The van der Waals surface area contributed by atoms with Crippen LogP contribution in [0.25, 0.3) is 0 Å². The Balaban J connectivity index is 2.05. The van der Waals surface area contributed by atoms with Crippen LogP contribution in [0, 0.1) is 6.92 Å². The van der Waals surface area contributed by atoms with Crippen LogP contribution >= 0.6 is 27.7 Å². The Labute approximate surface area is 131 Å². The van der Waals surface area contributed by atoms with E-state index in [1.807, 2.05) is 49.4 Å². The van der Waals surface area contributed by atoms with Gasteiger partial charge < -0.3 is 4.74 Å². The predicted molar refractivity (Wildman–Crippen MR) is 86.9 cm³/mol. The first-order chi connectivity index (χ1) is 9.60. The molecule has 2 rings (SSSR count). The highest BCUT2D eigenvalue weighted by molar-refractivity contribution is 9.10. The first-order valence-electron chi connectivity index (χ1n) is 6.16. The van der Waals surface area contributed by atoms with Crippen LogP contribution in [0.15, 0.2) is 51.8 Å². The standard InChI is InChI=1S/C16H15BrO2S/c1-11-8-13(19-2)6-7-15(11)16(18)10-20-14-5-3-4-12(17)9-14/h3-9H,10H2,1-2H3. The molecule has 0 aromatic heterocycles. The van der Waals surface area contributed by atoms with E-state index in [4.69, 9.17) is 4.74 Å². The number of thioether (sulfide) groups is 1. The van der Waals surface area contributed by atoms with Gasteiger partial charge in [-0.2, -0.15) is 0 Å². The fraction of sp³-hybridized carbons (Fsp3) is 0.188. The van der Waals surface area contributed by atoms with E-state index in [1.165, 1.54) is 0 Å². The Morgan fingerprint density at radius 3 is 2.70 bits per heavy atom. The number of ether oxygens (including phenoxy) is 1. The Bertz CT molecular complexity index is 626. The molecular formula is C16H15BrO2S. The number of rotatable bonds is 5. The summed E-state index contributed by atoms with van der Waals surface area (Å²) >= 11 is 4.97. The number of Topliss-reactive ketones (excluding diaryl/α,β-unsaturated/α-hetero) is 1. The van der Waals surface area contributed by atoms with Crippen molar-refractivity contribution in [3.05, 3.63) is 58.1 Å². The third-order valence-electron chi connectivity index (χ3n) is 2.90. The van der Waals surface area contributed by atoms with E-state index in [9.17, 15) is 4.79 Å².